The number of aliphatic hydroxyl groups excluding tert-OH is 1. The van der Waals surface area contributed by atoms with E-state index in [2.05, 4.69) is 5.32 Å². The van der Waals surface area contributed by atoms with Crippen molar-refractivity contribution in [3.05, 3.63) is 0 Å². The molecule has 2 rings (SSSR count). The van der Waals surface area contributed by atoms with Gasteiger partial charge in [-0.15, -0.1) is 0 Å². The second-order valence-corrected chi connectivity index (χ2v) is 5.34. The normalized spacial score (nSPS) is 34.2. The number of likely N-dealkylation sites (tertiary alicyclic amines) is 1. The minimum Gasteiger partial charge on any atom is -0.394 e. The van der Waals surface area contributed by atoms with E-state index >= 15 is 0 Å². The zero-order chi connectivity index (χ0) is 11.7. The molecule has 2 saturated heterocycles. The quantitative estimate of drug-likeness (QED) is 0.719. The molecule has 0 spiro atoms. The Labute approximate surface area is 98.6 Å². The number of thioether (sulfide) groups is 1. The first kappa shape index (κ1) is 11.7. The summed E-state index contributed by atoms with van der Waals surface area (Å²) in [6, 6.07) is -0.494. The lowest BCUT2D eigenvalue weighted by Crippen LogP contribution is -2.49. The van der Waals surface area contributed by atoms with E-state index < -0.39 is 6.04 Å². The lowest BCUT2D eigenvalue weighted by atomic mass is 10.0. The van der Waals surface area contributed by atoms with Gasteiger partial charge in [0.15, 0.2) is 0 Å². The van der Waals surface area contributed by atoms with Crippen LogP contribution in [-0.2, 0) is 4.79 Å². The fourth-order valence-electron chi connectivity index (χ4n) is 2.28. The molecule has 16 heavy (non-hydrogen) atoms. The van der Waals surface area contributed by atoms with Gasteiger partial charge in [0.1, 0.15) is 6.04 Å². The Hall–Kier alpha value is -0.750. The second kappa shape index (κ2) is 4.63. The van der Waals surface area contributed by atoms with E-state index in [0.29, 0.717) is 18.2 Å². The Morgan fingerprint density at radius 3 is 3.00 bits per heavy atom. The number of nitrogens with zero attached hydrogens (tertiary/aromatic N) is 1. The maximum Gasteiger partial charge on any atom is 0.279 e. The van der Waals surface area contributed by atoms with Gasteiger partial charge in [0.25, 0.3) is 5.24 Å². The third-order valence-electron chi connectivity index (χ3n) is 3.32. The van der Waals surface area contributed by atoms with Gasteiger partial charge in [-0.2, -0.15) is 0 Å². The zero-order valence-electron chi connectivity index (χ0n) is 9.18. The molecule has 6 heteroatoms. The summed E-state index contributed by atoms with van der Waals surface area (Å²) in [4.78, 5) is 24.8. The molecule has 0 aromatic heterocycles. The zero-order valence-corrected chi connectivity index (χ0v) is 10.00. The van der Waals surface area contributed by atoms with Crippen LogP contribution >= 0.6 is 11.8 Å². The van der Waals surface area contributed by atoms with Crippen molar-refractivity contribution in [2.75, 3.05) is 18.9 Å². The molecule has 0 radical (unpaired) electrons. The van der Waals surface area contributed by atoms with Gasteiger partial charge in [-0.1, -0.05) is 18.7 Å². The lowest BCUT2D eigenvalue weighted by Gasteiger charge is -2.27. The number of amides is 2. The highest BCUT2D eigenvalue weighted by atomic mass is 32.2. The van der Waals surface area contributed by atoms with E-state index in [0.717, 1.165) is 18.2 Å². The maximum absolute atomic E-state index is 12.1. The predicted octanol–water partition coefficient (Wildman–Crippen LogP) is 0.0407. The third-order valence-corrected chi connectivity index (χ3v) is 4.20. The number of nitrogens with one attached hydrogen (secondary N) is 1. The van der Waals surface area contributed by atoms with Crippen LogP contribution in [0.1, 0.15) is 13.3 Å². The first-order valence-electron chi connectivity index (χ1n) is 5.48. The summed E-state index contributed by atoms with van der Waals surface area (Å²) in [6.45, 7) is 2.72. The standard InChI is InChI=1S/C10H16N2O3S/c1-6-2-3-12(8(6)4-13)9(14)7-5-16-10(15)11-7/h6-8,13H,2-5H2,1H3,(H,11,15). The van der Waals surface area contributed by atoms with Gasteiger partial charge in [0.2, 0.25) is 5.91 Å². The van der Waals surface area contributed by atoms with Crippen molar-refractivity contribution in [3.63, 3.8) is 0 Å². The van der Waals surface area contributed by atoms with Crippen LogP contribution in [0.5, 0.6) is 0 Å². The molecule has 3 unspecified atom stereocenters. The average Bonchev–Trinajstić information content (AvgIpc) is 2.83. The highest BCUT2D eigenvalue weighted by Gasteiger charge is 2.39. The predicted molar refractivity (Wildman–Crippen MR) is 61.1 cm³/mol. The molecule has 0 bridgehead atoms. The first-order chi connectivity index (χ1) is 7.63. The Balaban J connectivity index is 2.01. The summed E-state index contributed by atoms with van der Waals surface area (Å²) in [5.41, 5.74) is 0. The van der Waals surface area contributed by atoms with Gasteiger partial charge in [-0.25, -0.2) is 0 Å². The van der Waals surface area contributed by atoms with Crippen LogP contribution in [0.4, 0.5) is 4.79 Å². The Kier molecular flexibility index (Phi) is 3.39. The van der Waals surface area contributed by atoms with Crippen molar-refractivity contribution < 1.29 is 14.7 Å². The largest absolute Gasteiger partial charge is 0.394 e. The number of rotatable bonds is 2. The van der Waals surface area contributed by atoms with E-state index in [1.165, 1.54) is 0 Å². The van der Waals surface area contributed by atoms with Crippen LogP contribution in [0.3, 0.4) is 0 Å². The molecule has 2 aliphatic heterocycles. The third kappa shape index (κ3) is 2.04. The van der Waals surface area contributed by atoms with Crippen LogP contribution in [0.25, 0.3) is 0 Å². The minimum atomic E-state index is -0.406. The Bertz CT molecular complexity index is 310. The molecule has 2 N–H and O–H groups in total. The van der Waals surface area contributed by atoms with Gasteiger partial charge in [0.05, 0.1) is 12.6 Å². The van der Waals surface area contributed by atoms with Crippen LogP contribution in [0.2, 0.25) is 0 Å². The molecular weight excluding hydrogens is 228 g/mol. The summed E-state index contributed by atoms with van der Waals surface area (Å²) >= 11 is 1.14. The van der Waals surface area contributed by atoms with E-state index in [1.807, 2.05) is 6.92 Å². The molecule has 0 aromatic rings. The van der Waals surface area contributed by atoms with E-state index in [9.17, 15) is 14.7 Å². The van der Waals surface area contributed by atoms with E-state index in [-0.39, 0.29) is 23.8 Å². The Morgan fingerprint density at radius 2 is 2.44 bits per heavy atom. The van der Waals surface area contributed by atoms with Crippen molar-refractivity contribution >= 4 is 22.9 Å². The highest BCUT2D eigenvalue weighted by molar-refractivity contribution is 8.14. The maximum atomic E-state index is 12.1. The smallest absolute Gasteiger partial charge is 0.279 e. The monoisotopic (exact) mass is 244 g/mol. The van der Waals surface area contributed by atoms with Crippen LogP contribution < -0.4 is 5.32 Å². The summed E-state index contributed by atoms with van der Waals surface area (Å²) < 4.78 is 0. The molecule has 0 aliphatic carbocycles. The fraction of sp³-hybridized carbons (Fsp3) is 0.800. The number of carbonyl (C=O) groups excluding carboxylic acids is 2. The van der Waals surface area contributed by atoms with Gasteiger partial charge < -0.3 is 15.3 Å². The van der Waals surface area contributed by atoms with Crippen LogP contribution in [-0.4, -0.2) is 52.1 Å². The molecule has 0 aromatic carbocycles. The van der Waals surface area contributed by atoms with Gasteiger partial charge in [0, 0.05) is 12.3 Å². The lowest BCUT2D eigenvalue weighted by molar-refractivity contribution is -0.134. The van der Waals surface area contributed by atoms with Crippen molar-refractivity contribution in [1.82, 2.24) is 10.2 Å². The topological polar surface area (TPSA) is 69.6 Å². The molecule has 2 heterocycles. The van der Waals surface area contributed by atoms with Crippen molar-refractivity contribution in [2.24, 2.45) is 5.92 Å². The Morgan fingerprint density at radius 1 is 1.69 bits per heavy atom. The molecule has 3 atom stereocenters. The van der Waals surface area contributed by atoms with Crippen LogP contribution in [0, 0.1) is 5.92 Å². The summed E-state index contributed by atoms with van der Waals surface area (Å²) in [5.74, 6) is 0.779. The van der Waals surface area contributed by atoms with Gasteiger partial charge in [-0.3, -0.25) is 9.59 Å². The molecule has 5 nitrogen and oxygen atoms in total. The van der Waals surface area contributed by atoms with Crippen molar-refractivity contribution in [3.8, 4) is 0 Å². The molecule has 2 amide bonds. The molecule has 2 fully saturated rings. The molecule has 0 saturated carbocycles. The molecule has 90 valence electrons. The average molecular weight is 244 g/mol. The minimum absolute atomic E-state index is 0.000710. The van der Waals surface area contributed by atoms with E-state index in [4.69, 9.17) is 0 Å². The second-order valence-electron chi connectivity index (χ2n) is 4.34. The van der Waals surface area contributed by atoms with Crippen molar-refractivity contribution in [1.29, 1.82) is 0 Å². The number of aliphatic hydroxyl groups is 1. The summed E-state index contributed by atoms with van der Waals surface area (Å²) in [7, 11) is 0. The molecular formula is C10H16N2O3S. The SMILES string of the molecule is CC1CCN(C(=O)C2CSC(=O)N2)C1CO. The summed E-state index contributed by atoms with van der Waals surface area (Å²) in [5, 5.41) is 11.8. The fourth-order valence-corrected chi connectivity index (χ4v) is 3.05. The van der Waals surface area contributed by atoms with E-state index in [1.54, 1.807) is 4.90 Å². The summed E-state index contributed by atoms with van der Waals surface area (Å²) in [6.07, 6.45) is 0.921. The van der Waals surface area contributed by atoms with Gasteiger partial charge >= 0.3 is 0 Å². The highest BCUT2D eigenvalue weighted by Crippen LogP contribution is 2.25. The van der Waals surface area contributed by atoms with Crippen LogP contribution in [0.15, 0.2) is 0 Å². The first-order valence-corrected chi connectivity index (χ1v) is 6.46. The molecule has 2 aliphatic rings. The van der Waals surface area contributed by atoms with Crippen molar-refractivity contribution in [2.45, 2.75) is 25.4 Å². The van der Waals surface area contributed by atoms with Gasteiger partial charge in [-0.05, 0) is 12.3 Å². The number of carbonyl (C=O) groups is 2. The number of hydrogen-bond acceptors (Lipinski definition) is 4. The number of hydrogen-bond donors (Lipinski definition) is 2.